The normalized spacial score (nSPS) is 14.0. The van der Waals surface area contributed by atoms with Crippen molar-refractivity contribution in [3.05, 3.63) is 79.1 Å². The van der Waals surface area contributed by atoms with Gasteiger partial charge in [0.15, 0.2) is 0 Å². The van der Waals surface area contributed by atoms with Gasteiger partial charge in [-0.1, -0.05) is 68.8 Å². The van der Waals surface area contributed by atoms with Gasteiger partial charge in [0.25, 0.3) is 11.8 Å². The number of aromatic nitrogens is 2. The summed E-state index contributed by atoms with van der Waals surface area (Å²) in [6.07, 6.45) is 1.60. The molecular formula is C32H34Cl4N6O4. The Morgan fingerprint density at radius 2 is 1.02 bits per heavy atom. The van der Waals surface area contributed by atoms with Crippen LogP contribution in [0.1, 0.15) is 45.1 Å². The molecule has 2 N–H and O–H groups in total. The van der Waals surface area contributed by atoms with Crippen molar-refractivity contribution in [2.75, 3.05) is 52.4 Å². The van der Waals surface area contributed by atoms with E-state index in [0.29, 0.717) is 78.3 Å². The number of aryl methyl sites for hydroxylation is 2. The first-order chi connectivity index (χ1) is 22.2. The van der Waals surface area contributed by atoms with Gasteiger partial charge in [-0.15, -0.1) is 0 Å². The van der Waals surface area contributed by atoms with E-state index in [0.717, 1.165) is 52.1 Å². The molecule has 0 spiro atoms. The van der Waals surface area contributed by atoms with Crippen LogP contribution in [0.5, 0.6) is 0 Å². The van der Waals surface area contributed by atoms with E-state index in [2.05, 4.69) is 30.7 Å². The topological polar surface area (TPSA) is 117 Å². The molecule has 1 fully saturated rings. The summed E-state index contributed by atoms with van der Waals surface area (Å²) in [5, 5.41) is 15.7. The summed E-state index contributed by atoms with van der Waals surface area (Å²) in [6, 6.07) is 10.3. The van der Waals surface area contributed by atoms with Gasteiger partial charge in [0, 0.05) is 50.4 Å². The van der Waals surface area contributed by atoms with Crippen LogP contribution in [0, 0.1) is 13.8 Å². The molecule has 2 aromatic heterocycles. The van der Waals surface area contributed by atoms with E-state index in [1.54, 1.807) is 50.2 Å². The van der Waals surface area contributed by atoms with Crippen molar-refractivity contribution in [1.82, 2.24) is 30.7 Å². The molecule has 0 bridgehead atoms. The summed E-state index contributed by atoms with van der Waals surface area (Å²) in [5.74, 6) is 0.258. The molecule has 3 heterocycles. The second-order valence-corrected chi connectivity index (χ2v) is 12.6. The predicted molar refractivity (Wildman–Crippen MR) is 180 cm³/mol. The SMILES string of the molecule is Cc1onc(-c2c(Cl)cccc2Cl)c1C(=O)NCCCN1CCN(CCCNC(=O)c2c(-c3c(Cl)cccc3Cl)noc2C)CC1. The largest absolute Gasteiger partial charge is 0.360 e. The molecule has 1 saturated heterocycles. The van der Waals surface area contributed by atoms with E-state index >= 15 is 0 Å². The summed E-state index contributed by atoms with van der Waals surface area (Å²) in [7, 11) is 0. The zero-order valence-electron chi connectivity index (χ0n) is 25.5. The van der Waals surface area contributed by atoms with Gasteiger partial charge in [-0.3, -0.25) is 9.59 Å². The van der Waals surface area contributed by atoms with Crippen LogP contribution in [0.25, 0.3) is 22.5 Å². The van der Waals surface area contributed by atoms with Crippen LogP contribution in [0.2, 0.25) is 20.1 Å². The molecule has 0 aliphatic carbocycles. The lowest BCUT2D eigenvalue weighted by molar-refractivity contribution is 0.0933. The minimum Gasteiger partial charge on any atom is -0.360 e. The van der Waals surface area contributed by atoms with E-state index in [9.17, 15) is 9.59 Å². The number of nitrogens with zero attached hydrogens (tertiary/aromatic N) is 4. The molecule has 0 atom stereocenters. The first-order valence-electron chi connectivity index (χ1n) is 15.0. The van der Waals surface area contributed by atoms with Crippen LogP contribution in [0.15, 0.2) is 45.4 Å². The average Bonchev–Trinajstić information content (AvgIpc) is 3.60. The van der Waals surface area contributed by atoms with Gasteiger partial charge in [0.05, 0.1) is 20.1 Å². The fourth-order valence-electron chi connectivity index (χ4n) is 5.49. The molecule has 4 aromatic rings. The summed E-state index contributed by atoms with van der Waals surface area (Å²) >= 11 is 25.4. The van der Waals surface area contributed by atoms with E-state index in [1.807, 2.05) is 0 Å². The highest BCUT2D eigenvalue weighted by Crippen LogP contribution is 2.38. The van der Waals surface area contributed by atoms with Gasteiger partial charge in [-0.25, -0.2) is 0 Å². The minimum atomic E-state index is -0.273. The smallest absolute Gasteiger partial charge is 0.257 e. The first-order valence-corrected chi connectivity index (χ1v) is 16.5. The highest BCUT2D eigenvalue weighted by atomic mass is 35.5. The van der Waals surface area contributed by atoms with Crippen molar-refractivity contribution in [1.29, 1.82) is 0 Å². The van der Waals surface area contributed by atoms with Gasteiger partial charge in [-0.05, 0) is 64.0 Å². The molecule has 244 valence electrons. The highest BCUT2D eigenvalue weighted by Gasteiger charge is 2.26. The first kappa shape index (κ1) is 34.2. The Kier molecular flexibility index (Phi) is 11.6. The number of benzene rings is 2. The molecule has 46 heavy (non-hydrogen) atoms. The van der Waals surface area contributed by atoms with Crippen LogP contribution in [-0.2, 0) is 0 Å². The molecule has 1 aliphatic rings. The maximum Gasteiger partial charge on any atom is 0.257 e. The number of halogens is 4. The Balaban J connectivity index is 1.01. The molecule has 2 amide bonds. The quantitative estimate of drug-likeness (QED) is 0.155. The summed E-state index contributed by atoms with van der Waals surface area (Å²) in [5.41, 5.74) is 2.30. The lowest BCUT2D eigenvalue weighted by atomic mass is 10.1. The van der Waals surface area contributed by atoms with Gasteiger partial charge in [0.2, 0.25) is 0 Å². The fourth-order valence-corrected chi connectivity index (χ4v) is 6.64. The van der Waals surface area contributed by atoms with Gasteiger partial charge >= 0.3 is 0 Å². The third kappa shape index (κ3) is 7.87. The van der Waals surface area contributed by atoms with Crippen LogP contribution in [0.4, 0.5) is 0 Å². The van der Waals surface area contributed by atoms with Crippen molar-refractivity contribution < 1.29 is 18.6 Å². The molecule has 10 nitrogen and oxygen atoms in total. The molecule has 2 aromatic carbocycles. The molecule has 14 heteroatoms. The van der Waals surface area contributed by atoms with Gasteiger partial charge < -0.3 is 29.5 Å². The van der Waals surface area contributed by atoms with Crippen LogP contribution in [0.3, 0.4) is 0 Å². The van der Waals surface area contributed by atoms with Crippen LogP contribution >= 0.6 is 46.4 Å². The van der Waals surface area contributed by atoms with E-state index in [1.165, 1.54) is 0 Å². The fraction of sp³-hybridized carbons (Fsp3) is 0.375. The Bertz CT molecular complexity index is 1540. The maximum absolute atomic E-state index is 13.0. The number of carbonyl (C=O) groups excluding carboxylic acids is 2. The van der Waals surface area contributed by atoms with Gasteiger partial charge in [0.1, 0.15) is 34.0 Å². The van der Waals surface area contributed by atoms with E-state index in [-0.39, 0.29) is 11.8 Å². The van der Waals surface area contributed by atoms with Crippen molar-refractivity contribution >= 4 is 58.2 Å². The zero-order valence-corrected chi connectivity index (χ0v) is 28.5. The van der Waals surface area contributed by atoms with Crippen LogP contribution in [-0.4, -0.2) is 84.3 Å². The summed E-state index contributed by atoms with van der Waals surface area (Å²) in [4.78, 5) is 30.8. The van der Waals surface area contributed by atoms with Crippen molar-refractivity contribution in [2.45, 2.75) is 26.7 Å². The number of rotatable bonds is 12. The lowest BCUT2D eigenvalue weighted by Crippen LogP contribution is -2.47. The second-order valence-electron chi connectivity index (χ2n) is 11.0. The number of hydrogen-bond acceptors (Lipinski definition) is 8. The molecule has 1 aliphatic heterocycles. The number of amides is 2. The number of hydrogen-bond donors (Lipinski definition) is 2. The molecular weight excluding hydrogens is 674 g/mol. The maximum atomic E-state index is 13.0. The molecule has 0 radical (unpaired) electrons. The van der Waals surface area contributed by atoms with Crippen molar-refractivity contribution in [3.8, 4) is 22.5 Å². The van der Waals surface area contributed by atoms with Crippen LogP contribution < -0.4 is 10.6 Å². The van der Waals surface area contributed by atoms with Crippen molar-refractivity contribution in [3.63, 3.8) is 0 Å². The number of piperazine rings is 1. The van der Waals surface area contributed by atoms with Gasteiger partial charge in [-0.2, -0.15) is 0 Å². The van der Waals surface area contributed by atoms with E-state index in [4.69, 9.17) is 55.4 Å². The minimum absolute atomic E-state index is 0.273. The third-order valence-electron chi connectivity index (χ3n) is 7.92. The second kappa shape index (κ2) is 15.6. The molecule has 0 unspecified atom stereocenters. The number of carbonyl (C=O) groups is 2. The third-order valence-corrected chi connectivity index (χ3v) is 9.18. The Morgan fingerprint density at radius 3 is 1.37 bits per heavy atom. The molecule has 0 saturated carbocycles. The number of nitrogens with one attached hydrogen (secondary N) is 2. The standard InChI is InChI=1S/C32H34Cl4N6O4/c1-19-25(29(39-45-19)27-21(33)7-3-8-22(27)34)31(43)37-11-5-13-41-15-17-42(18-16-41)14-6-12-38-32(44)26-20(2)46-40-30(26)28-23(35)9-4-10-24(28)36/h3-4,7-10H,5-6,11-18H2,1-2H3,(H,37,43)(H,38,44). The summed E-state index contributed by atoms with van der Waals surface area (Å²) < 4.78 is 10.6. The Morgan fingerprint density at radius 1 is 0.674 bits per heavy atom. The predicted octanol–water partition coefficient (Wildman–Crippen LogP) is 6.78. The Labute approximate surface area is 287 Å². The van der Waals surface area contributed by atoms with Crippen molar-refractivity contribution in [2.24, 2.45) is 0 Å². The zero-order chi connectivity index (χ0) is 32.8. The monoisotopic (exact) mass is 706 g/mol. The molecule has 5 rings (SSSR count). The summed E-state index contributed by atoms with van der Waals surface area (Å²) in [6.45, 7) is 9.86. The van der Waals surface area contributed by atoms with E-state index < -0.39 is 0 Å². The highest BCUT2D eigenvalue weighted by molar-refractivity contribution is 6.40. The lowest BCUT2D eigenvalue weighted by Gasteiger charge is -2.34. The average molecular weight is 708 g/mol. The Hall–Kier alpha value is -3.12.